The minimum atomic E-state index is -0.111. The molecule has 0 radical (unpaired) electrons. The van der Waals surface area contributed by atoms with E-state index in [9.17, 15) is 0 Å². The molecule has 2 heterocycles. The van der Waals surface area contributed by atoms with Gasteiger partial charge in [-0.1, -0.05) is 18.2 Å². The van der Waals surface area contributed by atoms with Gasteiger partial charge in [-0.25, -0.2) is 0 Å². The van der Waals surface area contributed by atoms with Gasteiger partial charge in [-0.15, -0.1) is 0 Å². The highest BCUT2D eigenvalue weighted by Gasteiger charge is 2.36. The first-order chi connectivity index (χ1) is 9.02. The molecule has 1 atom stereocenters. The van der Waals surface area contributed by atoms with Crippen LogP contribution in [0, 0.1) is 0 Å². The van der Waals surface area contributed by atoms with Crippen molar-refractivity contribution >= 4 is 5.96 Å². The molecule has 0 aromatic heterocycles. The van der Waals surface area contributed by atoms with E-state index in [4.69, 9.17) is 10.5 Å². The molecule has 2 N–H and O–H groups in total. The van der Waals surface area contributed by atoms with E-state index in [1.807, 2.05) is 0 Å². The molecule has 4 heteroatoms. The minimum absolute atomic E-state index is 0.111. The zero-order valence-corrected chi connectivity index (χ0v) is 11.8. The van der Waals surface area contributed by atoms with E-state index >= 15 is 0 Å². The first-order valence-corrected chi connectivity index (χ1v) is 6.89. The van der Waals surface area contributed by atoms with Crippen molar-refractivity contribution in [3.63, 3.8) is 0 Å². The monoisotopic (exact) mass is 259 g/mol. The van der Waals surface area contributed by atoms with Crippen LogP contribution in [0.1, 0.15) is 37.9 Å². The lowest BCUT2D eigenvalue weighted by Gasteiger charge is -2.27. The molecule has 3 rings (SSSR count). The maximum absolute atomic E-state index is 6.15. The number of ether oxygens (including phenoxy) is 1. The molecule has 0 fully saturated rings. The van der Waals surface area contributed by atoms with E-state index in [0.717, 1.165) is 25.3 Å². The Balaban J connectivity index is 1.98. The zero-order valence-electron chi connectivity index (χ0n) is 11.8. The van der Waals surface area contributed by atoms with Crippen LogP contribution in [0.4, 0.5) is 0 Å². The molecule has 0 bridgehead atoms. The van der Waals surface area contributed by atoms with Crippen molar-refractivity contribution in [2.45, 2.75) is 38.8 Å². The van der Waals surface area contributed by atoms with E-state index in [-0.39, 0.29) is 11.6 Å². The van der Waals surface area contributed by atoms with E-state index in [1.54, 1.807) is 0 Å². The first kappa shape index (κ1) is 12.3. The maximum Gasteiger partial charge on any atom is 0.191 e. The SMILES string of the molecule is CCN1C(N)=NCC1c1cccc2c1OC(C)(C)C2. The van der Waals surface area contributed by atoms with Crippen molar-refractivity contribution in [3.8, 4) is 5.75 Å². The number of nitrogens with zero attached hydrogens (tertiary/aromatic N) is 2. The predicted octanol–water partition coefficient (Wildman–Crippen LogP) is 2.09. The van der Waals surface area contributed by atoms with Gasteiger partial charge in [-0.2, -0.15) is 0 Å². The fourth-order valence-electron chi connectivity index (χ4n) is 3.08. The topological polar surface area (TPSA) is 50.8 Å². The van der Waals surface area contributed by atoms with Gasteiger partial charge in [0.2, 0.25) is 0 Å². The average Bonchev–Trinajstić information content (AvgIpc) is 2.86. The number of likely N-dealkylation sites (N-methyl/N-ethyl adjacent to an activating group) is 1. The molecule has 0 spiro atoms. The third-order valence-electron chi connectivity index (χ3n) is 3.92. The summed E-state index contributed by atoms with van der Waals surface area (Å²) >= 11 is 0. The van der Waals surface area contributed by atoms with Crippen LogP contribution in [0.5, 0.6) is 5.75 Å². The smallest absolute Gasteiger partial charge is 0.191 e. The minimum Gasteiger partial charge on any atom is -0.487 e. The van der Waals surface area contributed by atoms with Gasteiger partial charge < -0.3 is 15.4 Å². The predicted molar refractivity (Wildman–Crippen MR) is 76.5 cm³/mol. The first-order valence-electron chi connectivity index (χ1n) is 6.89. The second kappa shape index (κ2) is 4.15. The molecule has 0 amide bonds. The summed E-state index contributed by atoms with van der Waals surface area (Å²) in [6.45, 7) is 7.96. The molecule has 2 aliphatic heterocycles. The molecule has 102 valence electrons. The largest absolute Gasteiger partial charge is 0.487 e. The Morgan fingerprint density at radius 1 is 1.47 bits per heavy atom. The Bertz CT molecular complexity index is 536. The molecule has 2 aliphatic rings. The van der Waals surface area contributed by atoms with Crippen LogP contribution in [-0.2, 0) is 6.42 Å². The Labute approximate surface area is 114 Å². The molecule has 0 aliphatic carbocycles. The van der Waals surface area contributed by atoms with Crippen LogP contribution in [-0.4, -0.2) is 29.6 Å². The van der Waals surface area contributed by atoms with E-state index in [0.29, 0.717) is 5.96 Å². The second-order valence-electron chi connectivity index (χ2n) is 5.87. The van der Waals surface area contributed by atoms with Gasteiger partial charge >= 0.3 is 0 Å². The van der Waals surface area contributed by atoms with Gasteiger partial charge in [0.05, 0.1) is 12.6 Å². The summed E-state index contributed by atoms with van der Waals surface area (Å²) in [6.07, 6.45) is 0.964. The lowest BCUT2D eigenvalue weighted by atomic mass is 9.98. The van der Waals surface area contributed by atoms with Gasteiger partial charge in [0, 0.05) is 18.5 Å². The van der Waals surface area contributed by atoms with Crippen molar-refractivity contribution in [2.24, 2.45) is 10.7 Å². The Kier molecular flexibility index (Phi) is 2.69. The van der Waals surface area contributed by atoms with Gasteiger partial charge in [-0.3, -0.25) is 4.99 Å². The zero-order chi connectivity index (χ0) is 13.6. The quantitative estimate of drug-likeness (QED) is 0.884. The van der Waals surface area contributed by atoms with Crippen molar-refractivity contribution in [1.29, 1.82) is 0 Å². The number of hydrogen-bond acceptors (Lipinski definition) is 4. The molecule has 1 unspecified atom stereocenters. The van der Waals surface area contributed by atoms with Crippen molar-refractivity contribution in [1.82, 2.24) is 4.90 Å². The number of aliphatic imine (C=N–C) groups is 1. The number of para-hydroxylation sites is 1. The lowest BCUT2D eigenvalue weighted by molar-refractivity contribution is 0.135. The highest BCUT2D eigenvalue weighted by molar-refractivity contribution is 5.80. The van der Waals surface area contributed by atoms with Crippen LogP contribution in [0.3, 0.4) is 0 Å². The molecular formula is C15H21N3O. The Morgan fingerprint density at radius 2 is 2.26 bits per heavy atom. The van der Waals surface area contributed by atoms with Gasteiger partial charge in [0.1, 0.15) is 11.4 Å². The summed E-state index contributed by atoms with van der Waals surface area (Å²) in [5.74, 6) is 1.68. The van der Waals surface area contributed by atoms with Gasteiger partial charge in [-0.05, 0) is 26.3 Å². The number of fused-ring (bicyclic) bond motifs is 1. The molecule has 1 aromatic rings. The van der Waals surface area contributed by atoms with Crippen molar-refractivity contribution in [3.05, 3.63) is 29.3 Å². The fourth-order valence-corrected chi connectivity index (χ4v) is 3.08. The third kappa shape index (κ3) is 1.95. The normalized spacial score (nSPS) is 24.1. The average molecular weight is 259 g/mol. The maximum atomic E-state index is 6.15. The van der Waals surface area contributed by atoms with Crippen molar-refractivity contribution < 1.29 is 4.74 Å². The van der Waals surface area contributed by atoms with Crippen molar-refractivity contribution in [2.75, 3.05) is 13.1 Å². The molecule has 1 aromatic carbocycles. The van der Waals surface area contributed by atoms with Crippen LogP contribution in [0.2, 0.25) is 0 Å². The van der Waals surface area contributed by atoms with E-state index < -0.39 is 0 Å². The molecule has 0 saturated heterocycles. The third-order valence-corrected chi connectivity index (χ3v) is 3.92. The molecular weight excluding hydrogens is 238 g/mol. The number of rotatable bonds is 2. The Morgan fingerprint density at radius 3 is 3.00 bits per heavy atom. The summed E-state index contributed by atoms with van der Waals surface area (Å²) in [7, 11) is 0. The van der Waals surface area contributed by atoms with Gasteiger partial charge in [0.25, 0.3) is 0 Å². The number of guanidine groups is 1. The summed E-state index contributed by atoms with van der Waals surface area (Å²) in [5, 5.41) is 0. The molecule has 0 saturated carbocycles. The van der Waals surface area contributed by atoms with E-state index in [2.05, 4.69) is 48.9 Å². The number of hydrogen-bond donors (Lipinski definition) is 1. The van der Waals surface area contributed by atoms with Crippen LogP contribution >= 0.6 is 0 Å². The summed E-state index contributed by atoms with van der Waals surface area (Å²) in [4.78, 5) is 6.52. The fraction of sp³-hybridized carbons (Fsp3) is 0.533. The standard InChI is InChI=1S/C15H21N3O/c1-4-18-12(9-17-14(18)16)11-7-5-6-10-8-15(2,3)19-13(10)11/h5-7,12H,4,8-9H2,1-3H3,(H2,16,17). The van der Waals surface area contributed by atoms with Crippen LogP contribution < -0.4 is 10.5 Å². The number of benzene rings is 1. The lowest BCUT2D eigenvalue weighted by Crippen LogP contribution is -2.36. The molecule has 4 nitrogen and oxygen atoms in total. The molecule has 19 heavy (non-hydrogen) atoms. The Hall–Kier alpha value is -1.71. The summed E-state index contributed by atoms with van der Waals surface area (Å²) in [5.41, 5.74) is 8.35. The van der Waals surface area contributed by atoms with Crippen LogP contribution in [0.25, 0.3) is 0 Å². The van der Waals surface area contributed by atoms with Gasteiger partial charge in [0.15, 0.2) is 5.96 Å². The second-order valence-corrected chi connectivity index (χ2v) is 5.87. The highest BCUT2D eigenvalue weighted by Crippen LogP contribution is 2.42. The van der Waals surface area contributed by atoms with Crippen LogP contribution in [0.15, 0.2) is 23.2 Å². The summed E-state index contributed by atoms with van der Waals surface area (Å²) in [6, 6.07) is 6.63. The highest BCUT2D eigenvalue weighted by atomic mass is 16.5. The summed E-state index contributed by atoms with van der Waals surface area (Å²) < 4.78 is 6.15. The van der Waals surface area contributed by atoms with E-state index in [1.165, 1.54) is 11.1 Å². The number of nitrogens with two attached hydrogens (primary N) is 1.